The first-order valence-corrected chi connectivity index (χ1v) is 10.8. The van der Waals surface area contributed by atoms with Crippen LogP contribution in [0.4, 0.5) is 5.69 Å². The SMILES string of the molecule is CCCCCCCCCCCCCCON(C(=O)CC)c1ccccc1. The second kappa shape index (κ2) is 15.9. The lowest BCUT2D eigenvalue weighted by molar-refractivity contribution is -0.125. The molecule has 0 atom stereocenters. The smallest absolute Gasteiger partial charge is 0.250 e. The van der Waals surface area contributed by atoms with Gasteiger partial charge in [-0.25, -0.2) is 0 Å². The first-order valence-electron chi connectivity index (χ1n) is 10.8. The largest absolute Gasteiger partial charge is 0.272 e. The maximum Gasteiger partial charge on any atom is 0.250 e. The lowest BCUT2D eigenvalue weighted by Gasteiger charge is -2.21. The summed E-state index contributed by atoms with van der Waals surface area (Å²) < 4.78 is 0. The number of nitrogens with zero attached hydrogens (tertiary/aromatic N) is 1. The Morgan fingerprint density at radius 3 is 1.77 bits per heavy atom. The minimum Gasteiger partial charge on any atom is -0.272 e. The number of para-hydroxylation sites is 1. The number of carbonyl (C=O) groups excluding carboxylic acids is 1. The predicted octanol–water partition coefficient (Wildman–Crippen LogP) is 7.06. The highest BCUT2D eigenvalue weighted by atomic mass is 16.7. The first-order chi connectivity index (χ1) is 12.8. The van der Waals surface area contributed by atoms with Crippen LogP contribution in [-0.4, -0.2) is 12.5 Å². The molecule has 0 aromatic heterocycles. The molecule has 148 valence electrons. The van der Waals surface area contributed by atoms with Crippen molar-refractivity contribution in [2.75, 3.05) is 11.7 Å². The van der Waals surface area contributed by atoms with Gasteiger partial charge >= 0.3 is 0 Å². The Hall–Kier alpha value is -1.35. The lowest BCUT2D eigenvalue weighted by atomic mass is 10.1. The van der Waals surface area contributed by atoms with Gasteiger partial charge in [0, 0.05) is 6.42 Å². The summed E-state index contributed by atoms with van der Waals surface area (Å²) in [6.45, 7) is 4.75. The van der Waals surface area contributed by atoms with Crippen LogP contribution in [0.5, 0.6) is 0 Å². The highest BCUT2D eigenvalue weighted by molar-refractivity contribution is 5.91. The van der Waals surface area contributed by atoms with Gasteiger partial charge in [0.15, 0.2) is 0 Å². The highest BCUT2D eigenvalue weighted by Crippen LogP contribution is 2.16. The van der Waals surface area contributed by atoms with E-state index in [1.807, 2.05) is 37.3 Å². The molecule has 1 aromatic rings. The normalized spacial score (nSPS) is 10.8. The van der Waals surface area contributed by atoms with Gasteiger partial charge in [0.25, 0.3) is 5.91 Å². The monoisotopic (exact) mass is 361 g/mol. The van der Waals surface area contributed by atoms with Gasteiger partial charge < -0.3 is 0 Å². The number of hydroxylamine groups is 1. The van der Waals surface area contributed by atoms with Crippen molar-refractivity contribution in [1.29, 1.82) is 0 Å². The summed E-state index contributed by atoms with van der Waals surface area (Å²) in [4.78, 5) is 17.8. The zero-order valence-corrected chi connectivity index (χ0v) is 17.0. The molecule has 0 heterocycles. The second-order valence-corrected chi connectivity index (χ2v) is 7.10. The number of carbonyl (C=O) groups is 1. The van der Waals surface area contributed by atoms with Gasteiger partial charge in [-0.2, -0.15) is 5.06 Å². The van der Waals surface area contributed by atoms with E-state index >= 15 is 0 Å². The van der Waals surface area contributed by atoms with Crippen LogP contribution in [0, 0.1) is 0 Å². The van der Waals surface area contributed by atoms with Crippen LogP contribution in [0.2, 0.25) is 0 Å². The van der Waals surface area contributed by atoms with Crippen LogP contribution in [0.1, 0.15) is 97.3 Å². The van der Waals surface area contributed by atoms with Gasteiger partial charge in [0.2, 0.25) is 0 Å². The third kappa shape index (κ3) is 10.6. The van der Waals surface area contributed by atoms with Crippen molar-refractivity contribution in [2.45, 2.75) is 97.3 Å². The molecule has 3 heteroatoms. The van der Waals surface area contributed by atoms with E-state index in [0.717, 1.165) is 12.1 Å². The summed E-state index contributed by atoms with van der Waals surface area (Å²) >= 11 is 0. The van der Waals surface area contributed by atoms with E-state index in [-0.39, 0.29) is 5.91 Å². The fourth-order valence-electron chi connectivity index (χ4n) is 3.10. The summed E-state index contributed by atoms with van der Waals surface area (Å²) in [6.07, 6.45) is 16.4. The third-order valence-electron chi connectivity index (χ3n) is 4.74. The number of hydrogen-bond acceptors (Lipinski definition) is 2. The van der Waals surface area contributed by atoms with E-state index in [1.165, 1.54) is 75.7 Å². The van der Waals surface area contributed by atoms with Crippen LogP contribution in [0.25, 0.3) is 0 Å². The fourth-order valence-corrected chi connectivity index (χ4v) is 3.10. The molecule has 0 bridgehead atoms. The predicted molar refractivity (Wildman–Crippen MR) is 111 cm³/mol. The van der Waals surface area contributed by atoms with Gasteiger partial charge in [0.05, 0.1) is 12.3 Å². The fraction of sp³-hybridized carbons (Fsp3) is 0.696. The number of rotatable bonds is 16. The van der Waals surface area contributed by atoms with E-state index in [1.54, 1.807) is 0 Å². The standard InChI is InChI=1S/C23H39NO2/c1-3-5-6-7-8-9-10-11-12-13-14-18-21-26-24(23(25)4-2)22-19-16-15-17-20-22/h15-17,19-20H,3-14,18,21H2,1-2H3. The number of amides is 1. The van der Waals surface area contributed by atoms with Crippen LogP contribution in [0.15, 0.2) is 30.3 Å². The number of unbranched alkanes of at least 4 members (excludes halogenated alkanes) is 11. The molecule has 0 radical (unpaired) electrons. The van der Waals surface area contributed by atoms with Crippen molar-refractivity contribution >= 4 is 11.6 Å². The average Bonchev–Trinajstić information content (AvgIpc) is 2.68. The molecule has 0 N–H and O–H groups in total. The molecule has 0 fully saturated rings. The van der Waals surface area contributed by atoms with Crippen LogP contribution in [0.3, 0.4) is 0 Å². The molecule has 1 aromatic carbocycles. The van der Waals surface area contributed by atoms with Gasteiger partial charge in [-0.3, -0.25) is 9.63 Å². The van der Waals surface area contributed by atoms with Crippen molar-refractivity contribution in [3.63, 3.8) is 0 Å². The van der Waals surface area contributed by atoms with E-state index in [9.17, 15) is 4.79 Å². The second-order valence-electron chi connectivity index (χ2n) is 7.10. The maximum atomic E-state index is 12.1. The van der Waals surface area contributed by atoms with E-state index in [0.29, 0.717) is 13.0 Å². The zero-order chi connectivity index (χ0) is 18.9. The molecule has 0 unspecified atom stereocenters. The van der Waals surface area contributed by atoms with Crippen LogP contribution >= 0.6 is 0 Å². The molecule has 26 heavy (non-hydrogen) atoms. The average molecular weight is 362 g/mol. The Kier molecular flexibility index (Phi) is 13.8. The van der Waals surface area contributed by atoms with Crippen molar-refractivity contribution in [3.05, 3.63) is 30.3 Å². The molecule has 0 aliphatic rings. The van der Waals surface area contributed by atoms with Gasteiger partial charge in [-0.15, -0.1) is 0 Å². The Bertz CT molecular complexity index is 447. The Labute approximate surface area is 161 Å². The molecule has 0 saturated carbocycles. The van der Waals surface area contributed by atoms with Gasteiger partial charge in [-0.05, 0) is 18.6 Å². The number of anilines is 1. The van der Waals surface area contributed by atoms with Gasteiger partial charge in [-0.1, -0.05) is 103 Å². The molecule has 0 spiro atoms. The summed E-state index contributed by atoms with van der Waals surface area (Å²) in [6, 6.07) is 9.63. The van der Waals surface area contributed by atoms with E-state index < -0.39 is 0 Å². The van der Waals surface area contributed by atoms with E-state index in [2.05, 4.69) is 6.92 Å². The lowest BCUT2D eigenvalue weighted by Crippen LogP contribution is -2.30. The molecule has 1 rings (SSSR count). The third-order valence-corrected chi connectivity index (χ3v) is 4.74. The Balaban J connectivity index is 2.02. The summed E-state index contributed by atoms with van der Waals surface area (Å²) in [5.41, 5.74) is 0.818. The topological polar surface area (TPSA) is 29.5 Å². The highest BCUT2D eigenvalue weighted by Gasteiger charge is 2.14. The molecule has 1 amide bonds. The Morgan fingerprint density at radius 1 is 0.769 bits per heavy atom. The summed E-state index contributed by atoms with van der Waals surface area (Å²) in [7, 11) is 0. The maximum absolute atomic E-state index is 12.1. The van der Waals surface area contributed by atoms with Crippen molar-refractivity contribution < 1.29 is 9.63 Å². The molecule has 0 aliphatic heterocycles. The van der Waals surface area contributed by atoms with Crippen molar-refractivity contribution in [1.82, 2.24) is 0 Å². The Morgan fingerprint density at radius 2 is 1.27 bits per heavy atom. The molecule has 3 nitrogen and oxygen atoms in total. The first kappa shape index (κ1) is 22.7. The minimum atomic E-state index is 0.00939. The van der Waals surface area contributed by atoms with Gasteiger partial charge in [0.1, 0.15) is 0 Å². The number of hydrogen-bond donors (Lipinski definition) is 0. The molecular formula is C23H39NO2. The summed E-state index contributed by atoms with van der Waals surface area (Å²) in [5.74, 6) is 0.00939. The number of benzene rings is 1. The van der Waals surface area contributed by atoms with Crippen molar-refractivity contribution in [3.8, 4) is 0 Å². The van der Waals surface area contributed by atoms with Crippen LogP contribution in [-0.2, 0) is 9.63 Å². The van der Waals surface area contributed by atoms with E-state index in [4.69, 9.17) is 4.84 Å². The van der Waals surface area contributed by atoms with Crippen LogP contribution < -0.4 is 5.06 Å². The van der Waals surface area contributed by atoms with Crippen molar-refractivity contribution in [2.24, 2.45) is 0 Å². The zero-order valence-electron chi connectivity index (χ0n) is 17.0. The molecular weight excluding hydrogens is 322 g/mol. The quantitative estimate of drug-likeness (QED) is 0.233. The molecule has 0 aliphatic carbocycles. The minimum absolute atomic E-state index is 0.00939. The molecule has 0 saturated heterocycles. The summed E-state index contributed by atoms with van der Waals surface area (Å²) in [5, 5.41) is 1.46.